The molecule has 1 aromatic rings. The topological polar surface area (TPSA) is 0 Å². The van der Waals surface area contributed by atoms with Gasteiger partial charge in [-0.15, -0.1) is 0 Å². The maximum Gasteiger partial charge on any atom is 0.129 e. The fraction of sp³-hybridized carbons (Fsp3) is 0.231. The lowest BCUT2D eigenvalue weighted by molar-refractivity contribution is 0.369. The zero-order chi connectivity index (χ0) is 9.97. The van der Waals surface area contributed by atoms with Gasteiger partial charge in [0.25, 0.3) is 0 Å². The average Bonchev–Trinajstić information content (AvgIpc) is 2.61. The van der Waals surface area contributed by atoms with E-state index in [0.717, 1.165) is 11.1 Å². The SMILES string of the molecule is CC=CC(F)C1[C]=Cc2ccccc21. The normalized spacial score (nSPS) is 21.4. The Morgan fingerprint density at radius 2 is 2.21 bits per heavy atom. The van der Waals surface area contributed by atoms with E-state index < -0.39 is 6.17 Å². The summed E-state index contributed by atoms with van der Waals surface area (Å²) in [6.07, 6.45) is 7.29. The summed E-state index contributed by atoms with van der Waals surface area (Å²) < 4.78 is 13.6. The van der Waals surface area contributed by atoms with Crippen LogP contribution in [-0.2, 0) is 0 Å². The average molecular weight is 187 g/mol. The van der Waals surface area contributed by atoms with E-state index in [1.54, 1.807) is 12.2 Å². The molecule has 2 unspecified atom stereocenters. The number of allylic oxidation sites excluding steroid dienone is 3. The molecule has 0 bridgehead atoms. The quantitative estimate of drug-likeness (QED) is 0.621. The first-order chi connectivity index (χ1) is 6.83. The number of alkyl halides is 1. The van der Waals surface area contributed by atoms with Gasteiger partial charge in [0.2, 0.25) is 0 Å². The van der Waals surface area contributed by atoms with Gasteiger partial charge in [-0.1, -0.05) is 42.5 Å². The maximum absolute atomic E-state index is 13.6. The van der Waals surface area contributed by atoms with Crippen molar-refractivity contribution in [2.45, 2.75) is 19.0 Å². The van der Waals surface area contributed by atoms with E-state index in [1.165, 1.54) is 0 Å². The van der Waals surface area contributed by atoms with E-state index in [4.69, 9.17) is 0 Å². The smallest absolute Gasteiger partial charge is 0.129 e. The van der Waals surface area contributed by atoms with Crippen molar-refractivity contribution in [1.29, 1.82) is 0 Å². The van der Waals surface area contributed by atoms with Gasteiger partial charge in [0, 0.05) is 5.92 Å². The van der Waals surface area contributed by atoms with E-state index in [0.29, 0.717) is 0 Å². The fourth-order valence-electron chi connectivity index (χ4n) is 1.75. The van der Waals surface area contributed by atoms with Crippen molar-refractivity contribution < 1.29 is 4.39 Å². The van der Waals surface area contributed by atoms with Gasteiger partial charge in [0.15, 0.2) is 0 Å². The first-order valence-corrected chi connectivity index (χ1v) is 4.78. The highest BCUT2D eigenvalue weighted by Crippen LogP contribution is 2.33. The third kappa shape index (κ3) is 1.50. The second-order valence-electron chi connectivity index (χ2n) is 3.39. The molecule has 71 valence electrons. The fourth-order valence-corrected chi connectivity index (χ4v) is 1.75. The van der Waals surface area contributed by atoms with Crippen LogP contribution >= 0.6 is 0 Å². The summed E-state index contributed by atoms with van der Waals surface area (Å²) >= 11 is 0. The van der Waals surface area contributed by atoms with Gasteiger partial charge in [-0.2, -0.15) is 0 Å². The molecule has 0 saturated heterocycles. The van der Waals surface area contributed by atoms with Crippen LogP contribution in [-0.4, -0.2) is 6.17 Å². The summed E-state index contributed by atoms with van der Waals surface area (Å²) in [6.45, 7) is 1.83. The summed E-state index contributed by atoms with van der Waals surface area (Å²) in [6, 6.07) is 7.86. The Hall–Kier alpha value is -1.37. The van der Waals surface area contributed by atoms with Crippen LogP contribution in [0.4, 0.5) is 4.39 Å². The van der Waals surface area contributed by atoms with E-state index in [1.807, 2.05) is 37.3 Å². The summed E-state index contributed by atoms with van der Waals surface area (Å²) in [4.78, 5) is 0. The Morgan fingerprint density at radius 1 is 1.43 bits per heavy atom. The second-order valence-corrected chi connectivity index (χ2v) is 3.39. The van der Waals surface area contributed by atoms with Crippen molar-refractivity contribution in [3.8, 4) is 0 Å². The molecule has 0 fully saturated rings. The molecule has 1 aliphatic carbocycles. The molecule has 0 aliphatic heterocycles. The largest absolute Gasteiger partial charge is 0.242 e. The molecule has 0 spiro atoms. The van der Waals surface area contributed by atoms with Crippen LogP contribution < -0.4 is 0 Å². The van der Waals surface area contributed by atoms with Crippen LogP contribution in [0.3, 0.4) is 0 Å². The van der Waals surface area contributed by atoms with E-state index in [9.17, 15) is 4.39 Å². The lowest BCUT2D eigenvalue weighted by Crippen LogP contribution is -2.07. The number of fused-ring (bicyclic) bond motifs is 1. The van der Waals surface area contributed by atoms with Crippen LogP contribution in [0.2, 0.25) is 0 Å². The molecule has 0 saturated carbocycles. The molecule has 1 aromatic carbocycles. The first kappa shape index (κ1) is 9.20. The van der Waals surface area contributed by atoms with Crippen molar-refractivity contribution >= 4 is 6.08 Å². The molecule has 2 rings (SSSR count). The highest BCUT2D eigenvalue weighted by atomic mass is 19.1. The Balaban J connectivity index is 2.30. The minimum Gasteiger partial charge on any atom is -0.242 e. The molecule has 1 radical (unpaired) electrons. The Labute approximate surface area is 83.8 Å². The molecule has 0 aromatic heterocycles. The molecule has 1 aliphatic rings. The highest BCUT2D eigenvalue weighted by molar-refractivity contribution is 5.60. The third-order valence-electron chi connectivity index (χ3n) is 2.44. The summed E-state index contributed by atoms with van der Waals surface area (Å²) in [7, 11) is 0. The van der Waals surface area contributed by atoms with Crippen molar-refractivity contribution in [3.63, 3.8) is 0 Å². The minimum atomic E-state index is -0.958. The van der Waals surface area contributed by atoms with E-state index in [2.05, 4.69) is 6.08 Å². The van der Waals surface area contributed by atoms with Crippen LogP contribution in [0, 0.1) is 6.08 Å². The van der Waals surface area contributed by atoms with Crippen LogP contribution in [0.1, 0.15) is 24.0 Å². The highest BCUT2D eigenvalue weighted by Gasteiger charge is 2.23. The van der Waals surface area contributed by atoms with Crippen LogP contribution in [0.15, 0.2) is 36.4 Å². The maximum atomic E-state index is 13.6. The molecule has 0 N–H and O–H groups in total. The molecule has 1 heteroatoms. The molecule has 0 heterocycles. The van der Waals surface area contributed by atoms with Gasteiger partial charge in [-0.05, 0) is 24.1 Å². The Bertz CT molecular complexity index is 377. The Morgan fingerprint density at radius 3 is 3.00 bits per heavy atom. The van der Waals surface area contributed by atoms with Crippen molar-refractivity contribution in [1.82, 2.24) is 0 Å². The van der Waals surface area contributed by atoms with Crippen molar-refractivity contribution in [2.24, 2.45) is 0 Å². The molecule has 2 atom stereocenters. The van der Waals surface area contributed by atoms with Gasteiger partial charge < -0.3 is 0 Å². The number of halogens is 1. The van der Waals surface area contributed by atoms with Gasteiger partial charge in [-0.3, -0.25) is 0 Å². The molecule has 0 nitrogen and oxygen atoms in total. The number of benzene rings is 1. The predicted octanol–water partition coefficient (Wildman–Crippen LogP) is 3.51. The second kappa shape index (κ2) is 3.79. The number of rotatable bonds is 2. The summed E-state index contributed by atoms with van der Waals surface area (Å²) in [5, 5.41) is 0. The van der Waals surface area contributed by atoms with Crippen LogP contribution in [0.5, 0.6) is 0 Å². The van der Waals surface area contributed by atoms with Gasteiger partial charge >= 0.3 is 0 Å². The molecule has 14 heavy (non-hydrogen) atoms. The first-order valence-electron chi connectivity index (χ1n) is 4.78. The zero-order valence-corrected chi connectivity index (χ0v) is 8.07. The van der Waals surface area contributed by atoms with Gasteiger partial charge in [0.1, 0.15) is 6.17 Å². The third-order valence-corrected chi connectivity index (χ3v) is 2.44. The molecular formula is C13H12F. The zero-order valence-electron chi connectivity index (χ0n) is 8.07. The van der Waals surface area contributed by atoms with Gasteiger partial charge in [0.05, 0.1) is 0 Å². The minimum absolute atomic E-state index is 0.220. The summed E-state index contributed by atoms with van der Waals surface area (Å²) in [5.74, 6) is -0.220. The predicted molar refractivity (Wildman–Crippen MR) is 56.6 cm³/mol. The monoisotopic (exact) mass is 187 g/mol. The Kier molecular flexibility index (Phi) is 2.49. The summed E-state index contributed by atoms with van der Waals surface area (Å²) in [5.41, 5.74) is 2.13. The van der Waals surface area contributed by atoms with Crippen molar-refractivity contribution in [2.75, 3.05) is 0 Å². The van der Waals surface area contributed by atoms with E-state index >= 15 is 0 Å². The standard InChI is InChI=1S/C13H12F/c1-2-5-13(14)12-9-8-10-6-3-4-7-11(10)12/h2-8,12-13H,1H3. The molecular weight excluding hydrogens is 175 g/mol. The van der Waals surface area contributed by atoms with Crippen LogP contribution in [0.25, 0.3) is 6.08 Å². The van der Waals surface area contributed by atoms with E-state index in [-0.39, 0.29) is 5.92 Å². The number of hydrogen-bond acceptors (Lipinski definition) is 0. The van der Waals surface area contributed by atoms with Crippen molar-refractivity contribution in [3.05, 3.63) is 53.6 Å². The number of hydrogen-bond donors (Lipinski definition) is 0. The van der Waals surface area contributed by atoms with Gasteiger partial charge in [-0.25, -0.2) is 4.39 Å². The molecule has 0 amide bonds. The lowest BCUT2D eigenvalue weighted by Gasteiger charge is -2.11. The lowest BCUT2D eigenvalue weighted by atomic mass is 9.96.